The molecule has 0 aromatic heterocycles. The summed E-state index contributed by atoms with van der Waals surface area (Å²) in [6.07, 6.45) is 1.78. The highest BCUT2D eigenvalue weighted by Gasteiger charge is 2.28. The largest absolute Gasteiger partial charge is 0.381 e. The summed E-state index contributed by atoms with van der Waals surface area (Å²) >= 11 is 0. The number of nitro groups is 1. The van der Waals surface area contributed by atoms with Crippen LogP contribution in [0.5, 0.6) is 0 Å². The molecule has 1 aromatic rings. The number of benzene rings is 1. The first kappa shape index (κ1) is 13.7. The van der Waals surface area contributed by atoms with Crippen molar-refractivity contribution >= 4 is 11.4 Å². The molecule has 1 aromatic carbocycles. The summed E-state index contributed by atoms with van der Waals surface area (Å²) < 4.78 is 18.8. The third-order valence-corrected chi connectivity index (χ3v) is 3.57. The van der Waals surface area contributed by atoms with E-state index in [1.165, 1.54) is 12.1 Å². The number of anilines is 1. The summed E-state index contributed by atoms with van der Waals surface area (Å²) in [6.45, 7) is 4.07. The molecule has 1 aliphatic heterocycles. The highest BCUT2D eigenvalue weighted by molar-refractivity contribution is 5.62. The molecule has 0 bridgehead atoms. The van der Waals surface area contributed by atoms with Crippen LogP contribution in [0.2, 0.25) is 0 Å². The number of halogens is 1. The van der Waals surface area contributed by atoms with Crippen molar-refractivity contribution in [3.05, 3.63) is 34.1 Å². The molecular formula is C13H17FN2O3. The molecule has 0 amide bonds. The highest BCUT2D eigenvalue weighted by atomic mass is 19.1. The first-order chi connectivity index (χ1) is 9.02. The number of nitrogens with one attached hydrogen (secondary N) is 1. The molecule has 0 unspecified atom stereocenters. The van der Waals surface area contributed by atoms with E-state index in [9.17, 15) is 14.5 Å². The van der Waals surface area contributed by atoms with Gasteiger partial charge in [-0.3, -0.25) is 10.1 Å². The van der Waals surface area contributed by atoms with Crippen molar-refractivity contribution in [1.82, 2.24) is 0 Å². The third-order valence-electron chi connectivity index (χ3n) is 3.57. The van der Waals surface area contributed by atoms with Crippen LogP contribution in [0.25, 0.3) is 0 Å². The van der Waals surface area contributed by atoms with Crippen molar-refractivity contribution in [3.8, 4) is 0 Å². The van der Waals surface area contributed by atoms with Gasteiger partial charge in [-0.05, 0) is 30.4 Å². The Labute approximate surface area is 110 Å². The minimum atomic E-state index is -0.813. The summed E-state index contributed by atoms with van der Waals surface area (Å²) in [5.74, 6) is -0.813. The SMILES string of the molecule is CC1(CNc2cccc(F)c2[N+](=O)[O-])CCOCC1. The van der Waals surface area contributed by atoms with Crippen molar-refractivity contribution in [3.63, 3.8) is 0 Å². The van der Waals surface area contributed by atoms with Gasteiger partial charge in [-0.15, -0.1) is 0 Å². The fourth-order valence-electron chi connectivity index (χ4n) is 2.19. The normalized spacial score (nSPS) is 18.0. The molecule has 0 radical (unpaired) electrons. The first-order valence-corrected chi connectivity index (χ1v) is 6.26. The lowest BCUT2D eigenvalue weighted by molar-refractivity contribution is -0.386. The minimum Gasteiger partial charge on any atom is -0.381 e. The van der Waals surface area contributed by atoms with E-state index in [-0.39, 0.29) is 11.1 Å². The van der Waals surface area contributed by atoms with Gasteiger partial charge >= 0.3 is 5.69 Å². The Bertz CT molecular complexity index is 473. The fraction of sp³-hybridized carbons (Fsp3) is 0.538. The van der Waals surface area contributed by atoms with Gasteiger partial charge in [0.25, 0.3) is 0 Å². The van der Waals surface area contributed by atoms with Gasteiger partial charge in [-0.25, -0.2) is 0 Å². The number of ether oxygens (including phenoxy) is 1. The van der Waals surface area contributed by atoms with Gasteiger partial charge in [-0.1, -0.05) is 13.0 Å². The van der Waals surface area contributed by atoms with E-state index in [4.69, 9.17) is 4.74 Å². The highest BCUT2D eigenvalue weighted by Crippen LogP contribution is 2.32. The minimum absolute atomic E-state index is 0.0262. The monoisotopic (exact) mass is 268 g/mol. The lowest BCUT2D eigenvalue weighted by Crippen LogP contribution is -2.33. The van der Waals surface area contributed by atoms with Gasteiger partial charge in [0.15, 0.2) is 0 Å². The molecule has 6 heteroatoms. The molecule has 0 spiro atoms. The van der Waals surface area contributed by atoms with Crippen LogP contribution in [0.15, 0.2) is 18.2 Å². The van der Waals surface area contributed by atoms with Crippen molar-refractivity contribution in [2.24, 2.45) is 5.41 Å². The molecule has 5 nitrogen and oxygen atoms in total. The summed E-state index contributed by atoms with van der Waals surface area (Å²) in [5.41, 5.74) is -0.228. The molecule has 1 fully saturated rings. The van der Waals surface area contributed by atoms with Crippen LogP contribution < -0.4 is 5.32 Å². The van der Waals surface area contributed by atoms with Crippen molar-refractivity contribution in [2.45, 2.75) is 19.8 Å². The van der Waals surface area contributed by atoms with Crippen LogP contribution in [0, 0.1) is 21.3 Å². The van der Waals surface area contributed by atoms with Crippen molar-refractivity contribution in [1.29, 1.82) is 0 Å². The molecule has 19 heavy (non-hydrogen) atoms. The zero-order chi connectivity index (χ0) is 13.9. The van der Waals surface area contributed by atoms with Crippen molar-refractivity contribution < 1.29 is 14.1 Å². The van der Waals surface area contributed by atoms with Gasteiger partial charge in [-0.2, -0.15) is 4.39 Å². The Morgan fingerprint density at radius 3 is 2.79 bits per heavy atom. The molecule has 1 N–H and O–H groups in total. The zero-order valence-corrected chi connectivity index (χ0v) is 10.8. The Morgan fingerprint density at radius 2 is 2.16 bits per heavy atom. The Balaban J connectivity index is 2.11. The maximum absolute atomic E-state index is 13.5. The van der Waals surface area contributed by atoms with Crippen molar-refractivity contribution in [2.75, 3.05) is 25.1 Å². The molecule has 0 aliphatic carbocycles. The lowest BCUT2D eigenvalue weighted by Gasteiger charge is -2.33. The summed E-state index contributed by atoms with van der Waals surface area (Å²) in [6, 6.07) is 4.10. The van der Waals surface area contributed by atoms with E-state index in [1.807, 2.05) is 0 Å². The first-order valence-electron chi connectivity index (χ1n) is 6.26. The molecule has 0 saturated carbocycles. The van der Waals surface area contributed by atoms with Crippen LogP contribution in [0.4, 0.5) is 15.8 Å². The summed E-state index contributed by atoms with van der Waals surface area (Å²) in [4.78, 5) is 10.2. The number of para-hydroxylation sites is 1. The van der Waals surface area contributed by atoms with E-state index < -0.39 is 16.4 Å². The van der Waals surface area contributed by atoms with Crippen LogP contribution in [-0.2, 0) is 4.74 Å². The summed E-state index contributed by atoms with van der Waals surface area (Å²) in [5, 5.41) is 13.9. The van der Waals surface area contributed by atoms with Gasteiger partial charge in [0.1, 0.15) is 5.69 Å². The second-order valence-corrected chi connectivity index (χ2v) is 5.17. The van der Waals surface area contributed by atoms with Gasteiger partial charge < -0.3 is 10.1 Å². The molecule has 104 valence electrons. The quantitative estimate of drug-likeness (QED) is 0.673. The molecular weight excluding hydrogens is 251 g/mol. The Hall–Kier alpha value is -1.69. The molecule has 1 saturated heterocycles. The van der Waals surface area contributed by atoms with Gasteiger partial charge in [0.05, 0.1) is 4.92 Å². The number of nitro benzene ring substituents is 1. The van der Waals surface area contributed by atoms with Crippen LogP contribution >= 0.6 is 0 Å². The average molecular weight is 268 g/mol. The van der Waals surface area contributed by atoms with Crippen LogP contribution in [0.1, 0.15) is 19.8 Å². The maximum atomic E-state index is 13.5. The third kappa shape index (κ3) is 3.20. The predicted molar refractivity (Wildman–Crippen MR) is 69.7 cm³/mol. The molecule has 2 rings (SSSR count). The predicted octanol–water partition coefficient (Wildman–Crippen LogP) is 2.96. The maximum Gasteiger partial charge on any atom is 0.327 e. The smallest absolute Gasteiger partial charge is 0.327 e. The van der Waals surface area contributed by atoms with E-state index >= 15 is 0 Å². The number of rotatable bonds is 4. The number of nitrogens with zero attached hydrogens (tertiary/aromatic N) is 1. The fourth-order valence-corrected chi connectivity index (χ4v) is 2.19. The number of hydrogen-bond donors (Lipinski definition) is 1. The Kier molecular flexibility index (Phi) is 3.99. The molecule has 1 heterocycles. The van der Waals surface area contributed by atoms with E-state index in [2.05, 4.69) is 12.2 Å². The van der Waals surface area contributed by atoms with E-state index in [1.54, 1.807) is 0 Å². The number of hydrogen-bond acceptors (Lipinski definition) is 4. The summed E-state index contributed by atoms with van der Waals surface area (Å²) in [7, 11) is 0. The standard InChI is InChI=1S/C13H17FN2O3/c1-13(5-7-19-8-6-13)9-15-11-4-2-3-10(14)12(11)16(17)18/h2-4,15H,5-9H2,1H3. The Morgan fingerprint density at radius 1 is 1.47 bits per heavy atom. The second kappa shape index (κ2) is 5.52. The molecule has 0 atom stereocenters. The van der Waals surface area contributed by atoms with Crippen LogP contribution in [0.3, 0.4) is 0 Å². The lowest BCUT2D eigenvalue weighted by atomic mass is 9.82. The van der Waals surface area contributed by atoms with E-state index in [0.29, 0.717) is 19.8 Å². The topological polar surface area (TPSA) is 64.4 Å². The van der Waals surface area contributed by atoms with Crippen LogP contribution in [-0.4, -0.2) is 24.7 Å². The molecule has 1 aliphatic rings. The average Bonchev–Trinajstić information content (AvgIpc) is 2.37. The second-order valence-electron chi connectivity index (χ2n) is 5.17. The zero-order valence-electron chi connectivity index (χ0n) is 10.8. The van der Waals surface area contributed by atoms with E-state index in [0.717, 1.165) is 18.9 Å². The van der Waals surface area contributed by atoms with Gasteiger partial charge in [0.2, 0.25) is 5.82 Å². The van der Waals surface area contributed by atoms with Gasteiger partial charge in [0, 0.05) is 19.8 Å².